The van der Waals surface area contributed by atoms with Crippen LogP contribution in [0.5, 0.6) is 5.75 Å². The van der Waals surface area contributed by atoms with E-state index in [1.807, 2.05) is 68.4 Å². The Labute approximate surface area is 200 Å². The molecule has 3 heterocycles. The number of hydrogen-bond acceptors (Lipinski definition) is 6. The summed E-state index contributed by atoms with van der Waals surface area (Å²) in [5, 5.41) is 6.21. The highest BCUT2D eigenvalue weighted by Crippen LogP contribution is 2.42. The van der Waals surface area contributed by atoms with E-state index in [-0.39, 0.29) is 22.9 Å². The van der Waals surface area contributed by atoms with E-state index in [1.54, 1.807) is 19.1 Å². The van der Waals surface area contributed by atoms with Crippen molar-refractivity contribution in [3.05, 3.63) is 99.6 Å². The molecule has 35 heavy (non-hydrogen) atoms. The van der Waals surface area contributed by atoms with Gasteiger partial charge in [-0.3, -0.25) is 14.5 Å². The molecular formula is C28H22N2O5. The summed E-state index contributed by atoms with van der Waals surface area (Å²) < 4.78 is 17.4. The van der Waals surface area contributed by atoms with E-state index in [4.69, 9.17) is 13.7 Å². The standard InChI is InChI=1S/C28H22N2O5/c1-15(2)33-19-9-6-8-18(14-19)24-23-25(31)21-12-11-17-7-4-5-10-20(17)26(21)34-27(23)28(32)30(24)22-13-16(3)35-29-22/h4-15,24H,1-3H3/t24-/m1/s1. The Morgan fingerprint density at radius 3 is 2.57 bits per heavy atom. The number of amides is 1. The number of carbonyl (C=O) groups excluding carboxylic acids is 1. The van der Waals surface area contributed by atoms with Crippen LogP contribution in [0.1, 0.15) is 47.3 Å². The number of anilines is 1. The molecule has 174 valence electrons. The second-order valence-electron chi connectivity index (χ2n) is 8.95. The predicted octanol–water partition coefficient (Wildman–Crippen LogP) is 5.78. The monoisotopic (exact) mass is 466 g/mol. The fraction of sp³-hybridized carbons (Fsp3) is 0.179. The third-order valence-electron chi connectivity index (χ3n) is 6.17. The van der Waals surface area contributed by atoms with E-state index in [2.05, 4.69) is 5.16 Å². The Balaban J connectivity index is 1.64. The molecule has 0 aliphatic carbocycles. The lowest BCUT2D eigenvalue weighted by Gasteiger charge is -2.23. The fourth-order valence-corrected chi connectivity index (χ4v) is 4.75. The number of rotatable bonds is 4. The number of ether oxygens (including phenoxy) is 1. The van der Waals surface area contributed by atoms with Gasteiger partial charge in [0, 0.05) is 11.5 Å². The van der Waals surface area contributed by atoms with Crippen LogP contribution in [0.2, 0.25) is 0 Å². The molecule has 0 N–H and O–H groups in total. The van der Waals surface area contributed by atoms with Crippen molar-refractivity contribution < 1.29 is 18.5 Å². The molecule has 3 aromatic carbocycles. The van der Waals surface area contributed by atoms with Crippen LogP contribution in [0.3, 0.4) is 0 Å². The van der Waals surface area contributed by atoms with Crippen molar-refractivity contribution in [3.63, 3.8) is 0 Å². The van der Waals surface area contributed by atoms with Gasteiger partial charge in [-0.1, -0.05) is 47.6 Å². The fourth-order valence-electron chi connectivity index (χ4n) is 4.75. The SMILES string of the molecule is Cc1cc(N2C(=O)c3oc4c(ccc5ccccc54)c(=O)c3[C@H]2c2cccc(OC(C)C)c2)no1. The Morgan fingerprint density at radius 2 is 1.80 bits per heavy atom. The van der Waals surface area contributed by atoms with Crippen LogP contribution in [0.25, 0.3) is 21.7 Å². The Bertz CT molecular complexity index is 1680. The average molecular weight is 466 g/mol. The molecular weight excluding hydrogens is 444 g/mol. The van der Waals surface area contributed by atoms with Gasteiger partial charge in [0.05, 0.1) is 23.1 Å². The van der Waals surface area contributed by atoms with E-state index in [0.717, 1.165) is 10.8 Å². The normalized spacial score (nSPS) is 15.4. The molecule has 0 radical (unpaired) electrons. The third kappa shape index (κ3) is 3.31. The summed E-state index contributed by atoms with van der Waals surface area (Å²) in [5.41, 5.74) is 1.14. The predicted molar refractivity (Wildman–Crippen MR) is 132 cm³/mol. The summed E-state index contributed by atoms with van der Waals surface area (Å²) in [4.78, 5) is 29.1. The largest absolute Gasteiger partial charge is 0.491 e. The Kier molecular flexibility index (Phi) is 4.74. The van der Waals surface area contributed by atoms with Gasteiger partial charge in [-0.25, -0.2) is 0 Å². The van der Waals surface area contributed by atoms with Gasteiger partial charge in [-0.2, -0.15) is 0 Å². The maximum absolute atomic E-state index is 13.9. The Hall–Kier alpha value is -4.39. The average Bonchev–Trinajstić information content (AvgIpc) is 3.39. The van der Waals surface area contributed by atoms with Gasteiger partial charge >= 0.3 is 0 Å². The minimum Gasteiger partial charge on any atom is -0.491 e. The number of nitrogens with zero attached hydrogens (tertiary/aromatic N) is 2. The second kappa shape index (κ2) is 7.84. The smallest absolute Gasteiger partial charge is 0.296 e. The topological polar surface area (TPSA) is 85.8 Å². The van der Waals surface area contributed by atoms with Crippen LogP contribution in [0.15, 0.2) is 80.5 Å². The van der Waals surface area contributed by atoms with Gasteiger partial charge in [0.1, 0.15) is 17.1 Å². The minimum atomic E-state index is -0.746. The molecule has 7 nitrogen and oxygen atoms in total. The van der Waals surface area contributed by atoms with Crippen molar-refractivity contribution in [2.45, 2.75) is 32.9 Å². The molecule has 1 amide bonds. The van der Waals surface area contributed by atoms with Gasteiger partial charge in [0.15, 0.2) is 11.2 Å². The maximum Gasteiger partial charge on any atom is 0.296 e. The Morgan fingerprint density at radius 1 is 0.971 bits per heavy atom. The third-order valence-corrected chi connectivity index (χ3v) is 6.17. The quantitative estimate of drug-likeness (QED) is 0.312. The van der Waals surface area contributed by atoms with E-state index in [9.17, 15) is 9.59 Å². The van der Waals surface area contributed by atoms with Crippen LogP contribution in [-0.4, -0.2) is 17.2 Å². The van der Waals surface area contributed by atoms with Gasteiger partial charge in [-0.05, 0) is 49.9 Å². The number of aryl methyl sites for hydroxylation is 1. The molecule has 6 rings (SSSR count). The molecule has 0 fully saturated rings. The molecule has 7 heteroatoms. The summed E-state index contributed by atoms with van der Waals surface area (Å²) in [6.45, 7) is 5.63. The maximum atomic E-state index is 13.9. The minimum absolute atomic E-state index is 0.0136. The van der Waals surface area contributed by atoms with Crippen molar-refractivity contribution in [2.24, 2.45) is 0 Å². The number of hydrogen-bond donors (Lipinski definition) is 0. The molecule has 0 saturated heterocycles. The number of aromatic nitrogens is 1. The highest BCUT2D eigenvalue weighted by atomic mass is 16.5. The first kappa shape index (κ1) is 21.2. The van der Waals surface area contributed by atoms with Gasteiger partial charge in [-0.15, -0.1) is 0 Å². The lowest BCUT2D eigenvalue weighted by atomic mass is 9.97. The van der Waals surface area contributed by atoms with E-state index in [1.165, 1.54) is 4.90 Å². The first-order valence-corrected chi connectivity index (χ1v) is 11.4. The number of benzene rings is 3. The molecule has 1 aliphatic heterocycles. The molecule has 2 aromatic heterocycles. The van der Waals surface area contributed by atoms with E-state index < -0.39 is 11.9 Å². The molecule has 0 saturated carbocycles. The van der Waals surface area contributed by atoms with Crippen LogP contribution >= 0.6 is 0 Å². The van der Waals surface area contributed by atoms with Crippen molar-refractivity contribution >= 4 is 33.5 Å². The first-order chi connectivity index (χ1) is 16.9. The van der Waals surface area contributed by atoms with Crippen molar-refractivity contribution in [2.75, 3.05) is 4.90 Å². The summed E-state index contributed by atoms with van der Waals surface area (Å²) >= 11 is 0. The molecule has 5 aromatic rings. The van der Waals surface area contributed by atoms with Crippen LogP contribution in [-0.2, 0) is 0 Å². The zero-order valence-electron chi connectivity index (χ0n) is 19.4. The van der Waals surface area contributed by atoms with Crippen LogP contribution < -0.4 is 15.1 Å². The van der Waals surface area contributed by atoms with E-state index in [0.29, 0.717) is 33.9 Å². The van der Waals surface area contributed by atoms with Crippen molar-refractivity contribution in [3.8, 4) is 5.75 Å². The lowest BCUT2D eigenvalue weighted by molar-refractivity contribution is 0.0969. The zero-order valence-corrected chi connectivity index (χ0v) is 19.4. The van der Waals surface area contributed by atoms with Gasteiger partial charge in [0.2, 0.25) is 5.76 Å². The highest BCUT2D eigenvalue weighted by Gasteiger charge is 2.45. The van der Waals surface area contributed by atoms with Crippen LogP contribution in [0, 0.1) is 6.92 Å². The van der Waals surface area contributed by atoms with Gasteiger partial charge in [0.25, 0.3) is 5.91 Å². The molecule has 1 atom stereocenters. The first-order valence-electron chi connectivity index (χ1n) is 11.4. The van der Waals surface area contributed by atoms with Gasteiger partial charge < -0.3 is 13.7 Å². The summed E-state index contributed by atoms with van der Waals surface area (Å²) in [6.07, 6.45) is -0.0284. The van der Waals surface area contributed by atoms with Crippen molar-refractivity contribution in [1.29, 1.82) is 0 Å². The zero-order chi connectivity index (χ0) is 24.3. The summed E-state index contributed by atoms with van der Waals surface area (Å²) in [7, 11) is 0. The molecule has 0 spiro atoms. The highest BCUT2D eigenvalue weighted by molar-refractivity contribution is 6.12. The molecule has 0 unspecified atom stereocenters. The summed E-state index contributed by atoms with van der Waals surface area (Å²) in [5.74, 6) is 1.08. The van der Waals surface area contributed by atoms with Crippen molar-refractivity contribution in [1.82, 2.24) is 5.16 Å². The lowest BCUT2D eigenvalue weighted by Crippen LogP contribution is -2.29. The summed E-state index contributed by atoms with van der Waals surface area (Å²) in [6, 6.07) is 19.6. The van der Waals surface area contributed by atoms with E-state index >= 15 is 0 Å². The number of fused-ring (bicyclic) bond motifs is 4. The second-order valence-corrected chi connectivity index (χ2v) is 8.95. The van der Waals surface area contributed by atoms with Crippen LogP contribution in [0.4, 0.5) is 5.82 Å². The number of carbonyl (C=O) groups is 1. The molecule has 0 bridgehead atoms. The molecule has 1 aliphatic rings.